The van der Waals surface area contributed by atoms with Gasteiger partial charge in [-0.1, -0.05) is 48.0 Å². The first kappa shape index (κ1) is 20.8. The third-order valence-corrected chi connectivity index (χ3v) is 4.41. The lowest BCUT2D eigenvalue weighted by atomic mass is 10.0. The van der Waals surface area contributed by atoms with Crippen LogP contribution in [0.1, 0.15) is 22.7 Å². The van der Waals surface area contributed by atoms with Gasteiger partial charge in [0, 0.05) is 24.0 Å². The summed E-state index contributed by atoms with van der Waals surface area (Å²) in [6, 6.07) is 14.7. The molecule has 1 atom stereocenters. The molecule has 8 heteroatoms. The summed E-state index contributed by atoms with van der Waals surface area (Å²) in [5, 5.41) is 5.40. The number of rotatable bonds is 6. The van der Waals surface area contributed by atoms with E-state index < -0.39 is 23.7 Å². The van der Waals surface area contributed by atoms with E-state index in [9.17, 15) is 18.0 Å². The van der Waals surface area contributed by atoms with Crippen LogP contribution in [0.15, 0.2) is 73.1 Å². The van der Waals surface area contributed by atoms with E-state index >= 15 is 0 Å². The minimum Gasteiger partial charge on any atom is -0.324 e. The molecule has 0 bridgehead atoms. The van der Waals surface area contributed by atoms with E-state index in [4.69, 9.17) is 11.6 Å². The normalized spacial score (nSPS) is 12.4. The molecule has 2 N–H and O–H groups in total. The third-order valence-electron chi connectivity index (χ3n) is 4.17. The molecule has 0 saturated carbocycles. The summed E-state index contributed by atoms with van der Waals surface area (Å²) < 4.78 is 40.0. The average molecular weight is 420 g/mol. The maximum absolute atomic E-state index is 13.3. The zero-order valence-electron chi connectivity index (χ0n) is 15.1. The first-order chi connectivity index (χ1) is 13.8. The number of amides is 1. The third kappa shape index (κ3) is 5.56. The van der Waals surface area contributed by atoms with Crippen molar-refractivity contribution in [3.05, 3.63) is 94.8 Å². The number of alkyl halides is 3. The van der Waals surface area contributed by atoms with Gasteiger partial charge in [0.2, 0.25) is 5.91 Å². The van der Waals surface area contributed by atoms with E-state index in [-0.39, 0.29) is 10.7 Å². The minimum atomic E-state index is -4.65. The molecule has 0 radical (unpaired) electrons. The topological polar surface area (TPSA) is 54.0 Å². The highest BCUT2D eigenvalue weighted by molar-refractivity contribution is 6.30. The van der Waals surface area contributed by atoms with Crippen molar-refractivity contribution in [1.29, 1.82) is 0 Å². The number of carbonyl (C=O) groups is 1. The van der Waals surface area contributed by atoms with E-state index in [0.717, 1.165) is 17.7 Å². The highest BCUT2D eigenvalue weighted by Gasteiger charge is 2.35. The van der Waals surface area contributed by atoms with Gasteiger partial charge < -0.3 is 5.32 Å². The smallest absolute Gasteiger partial charge is 0.324 e. The lowest BCUT2D eigenvalue weighted by Crippen LogP contribution is -2.33. The number of hydrogen-bond acceptors (Lipinski definition) is 3. The summed E-state index contributed by atoms with van der Waals surface area (Å²) in [5.41, 5.74) is 0.105. The second-order valence-electron chi connectivity index (χ2n) is 6.26. The fraction of sp³-hybridized carbons (Fsp3) is 0.143. The molecule has 29 heavy (non-hydrogen) atoms. The van der Waals surface area contributed by atoms with Crippen LogP contribution >= 0.6 is 11.6 Å². The predicted octanol–water partition coefficient (Wildman–Crippen LogP) is 5.22. The lowest BCUT2D eigenvalue weighted by Gasteiger charge is -2.21. The van der Waals surface area contributed by atoms with Crippen LogP contribution in [0, 0.1) is 0 Å². The van der Waals surface area contributed by atoms with Gasteiger partial charge in [-0.25, -0.2) is 0 Å². The molecule has 1 heterocycles. The number of pyridine rings is 1. The lowest BCUT2D eigenvalue weighted by molar-refractivity contribution is -0.137. The highest BCUT2D eigenvalue weighted by atomic mass is 35.5. The molecule has 0 spiro atoms. The average Bonchev–Trinajstić information content (AvgIpc) is 2.70. The number of hydrogen-bond donors (Lipinski definition) is 2. The Labute approximate surface area is 170 Å². The Hall–Kier alpha value is -2.90. The van der Waals surface area contributed by atoms with Gasteiger partial charge in [-0.15, -0.1) is 0 Å². The first-order valence-corrected chi connectivity index (χ1v) is 9.07. The van der Waals surface area contributed by atoms with Crippen LogP contribution < -0.4 is 10.6 Å². The van der Waals surface area contributed by atoms with Crippen LogP contribution in [0.4, 0.5) is 18.9 Å². The second-order valence-corrected chi connectivity index (χ2v) is 6.70. The monoisotopic (exact) mass is 419 g/mol. The first-order valence-electron chi connectivity index (χ1n) is 8.69. The van der Waals surface area contributed by atoms with E-state index in [2.05, 4.69) is 15.6 Å². The number of halogens is 4. The molecule has 4 nitrogen and oxygen atoms in total. The van der Waals surface area contributed by atoms with Crippen molar-refractivity contribution in [2.24, 2.45) is 0 Å². The van der Waals surface area contributed by atoms with Crippen molar-refractivity contribution in [2.45, 2.75) is 18.8 Å². The highest BCUT2D eigenvalue weighted by Crippen LogP contribution is 2.36. The number of anilines is 1. The van der Waals surface area contributed by atoms with Gasteiger partial charge in [-0.2, -0.15) is 13.2 Å². The van der Waals surface area contributed by atoms with Gasteiger partial charge in [0.1, 0.15) is 6.04 Å². The van der Waals surface area contributed by atoms with E-state index in [1.165, 1.54) is 6.07 Å². The molecule has 3 aromatic rings. The molecule has 1 amide bonds. The molecule has 2 aromatic carbocycles. The number of carbonyl (C=O) groups excluding carboxylic acids is 1. The van der Waals surface area contributed by atoms with Crippen molar-refractivity contribution >= 4 is 23.2 Å². The van der Waals surface area contributed by atoms with Crippen molar-refractivity contribution in [3.63, 3.8) is 0 Å². The molecule has 0 aliphatic heterocycles. The van der Waals surface area contributed by atoms with Crippen LogP contribution in [-0.2, 0) is 17.5 Å². The molecule has 3 rings (SSSR count). The summed E-state index contributed by atoms with van der Waals surface area (Å²) >= 11 is 5.70. The van der Waals surface area contributed by atoms with Gasteiger partial charge in [-0.05, 0) is 35.4 Å². The van der Waals surface area contributed by atoms with E-state index in [1.807, 2.05) is 6.07 Å². The van der Waals surface area contributed by atoms with E-state index in [1.54, 1.807) is 48.8 Å². The minimum absolute atomic E-state index is 0.0652. The van der Waals surface area contributed by atoms with Crippen molar-refractivity contribution in [2.75, 3.05) is 5.32 Å². The van der Waals surface area contributed by atoms with Crippen LogP contribution in [0.3, 0.4) is 0 Å². The Morgan fingerprint density at radius 2 is 1.83 bits per heavy atom. The van der Waals surface area contributed by atoms with Gasteiger partial charge in [0.15, 0.2) is 0 Å². The fourth-order valence-corrected chi connectivity index (χ4v) is 2.97. The number of benzene rings is 2. The summed E-state index contributed by atoms with van der Waals surface area (Å²) in [5.74, 6) is -0.618. The maximum atomic E-state index is 13.3. The zero-order chi connectivity index (χ0) is 20.9. The summed E-state index contributed by atoms with van der Waals surface area (Å²) in [6.45, 7) is 0.313. The standard InChI is InChI=1S/C21H17ClF3N3O/c22-16-8-9-18(17(11-16)21(23,24)25)28-20(29)19(15-6-2-1-3-7-15)27-13-14-5-4-10-26-12-14/h1-12,19,27H,13H2,(H,28,29). The summed E-state index contributed by atoms with van der Waals surface area (Å²) in [4.78, 5) is 16.9. The predicted molar refractivity (Wildman–Crippen MR) is 105 cm³/mol. The quantitative estimate of drug-likeness (QED) is 0.575. The van der Waals surface area contributed by atoms with Crippen LogP contribution in [0.25, 0.3) is 0 Å². The molecule has 0 aliphatic carbocycles. The molecule has 0 fully saturated rings. The molecule has 1 unspecified atom stereocenters. The summed E-state index contributed by atoms with van der Waals surface area (Å²) in [7, 11) is 0. The van der Waals surface area contributed by atoms with Crippen molar-refractivity contribution < 1.29 is 18.0 Å². The Balaban J connectivity index is 1.86. The van der Waals surface area contributed by atoms with Crippen molar-refractivity contribution in [3.8, 4) is 0 Å². The second kappa shape index (κ2) is 9.07. The van der Waals surface area contributed by atoms with Crippen LogP contribution in [-0.4, -0.2) is 10.9 Å². The maximum Gasteiger partial charge on any atom is 0.418 e. The van der Waals surface area contributed by atoms with Gasteiger partial charge in [0.25, 0.3) is 0 Å². The van der Waals surface area contributed by atoms with Crippen LogP contribution in [0.2, 0.25) is 5.02 Å². The molecule has 0 saturated heterocycles. The Bertz CT molecular complexity index is 966. The van der Waals surface area contributed by atoms with Crippen LogP contribution in [0.5, 0.6) is 0 Å². The van der Waals surface area contributed by atoms with E-state index in [0.29, 0.717) is 12.1 Å². The molecule has 1 aromatic heterocycles. The fourth-order valence-electron chi connectivity index (χ4n) is 2.79. The van der Waals surface area contributed by atoms with Crippen molar-refractivity contribution in [1.82, 2.24) is 10.3 Å². The zero-order valence-corrected chi connectivity index (χ0v) is 15.8. The molecular weight excluding hydrogens is 403 g/mol. The number of nitrogens with zero attached hydrogens (tertiary/aromatic N) is 1. The van der Waals surface area contributed by atoms with Gasteiger partial charge in [0.05, 0.1) is 11.3 Å². The SMILES string of the molecule is O=C(Nc1ccc(Cl)cc1C(F)(F)F)C(NCc1cccnc1)c1ccccc1. The Kier molecular flexibility index (Phi) is 6.51. The largest absolute Gasteiger partial charge is 0.418 e. The van der Waals surface area contributed by atoms with Gasteiger partial charge >= 0.3 is 6.18 Å². The molecule has 150 valence electrons. The Morgan fingerprint density at radius 3 is 2.48 bits per heavy atom. The molecule has 0 aliphatic rings. The number of aromatic nitrogens is 1. The van der Waals surface area contributed by atoms with Gasteiger partial charge in [-0.3, -0.25) is 15.1 Å². The summed E-state index contributed by atoms with van der Waals surface area (Å²) in [6.07, 6.45) is -1.38. The number of nitrogens with one attached hydrogen (secondary N) is 2. The molecular formula is C21H17ClF3N3O. The Morgan fingerprint density at radius 1 is 1.07 bits per heavy atom.